The number of hydrogen-bond acceptors (Lipinski definition) is 6. The van der Waals surface area contributed by atoms with Crippen LogP contribution in [0.15, 0.2) is 5.51 Å². The molecule has 1 rings (SSSR count). The normalized spacial score (nSPS) is 13.0. The zero-order valence-electron chi connectivity index (χ0n) is 17.4. The van der Waals surface area contributed by atoms with E-state index in [1.54, 1.807) is 11.3 Å². The Bertz CT molecular complexity index is 854. The van der Waals surface area contributed by atoms with E-state index in [1.165, 1.54) is 49.1 Å². The number of aromatic nitrogens is 1. The van der Waals surface area contributed by atoms with Crippen molar-refractivity contribution < 1.29 is 52.9 Å². The monoisotopic (exact) mass is 536 g/mol. The Morgan fingerprint density at radius 1 is 0.938 bits per heavy atom. The molecule has 1 aromatic heterocycles. The molecule has 0 saturated carbocycles. The molecule has 16 heteroatoms. The first-order valence-corrected chi connectivity index (χ1v) is 13.2. The zero-order valence-corrected chi connectivity index (χ0v) is 19.9. The van der Waals surface area contributed by atoms with Crippen molar-refractivity contribution in [1.29, 1.82) is 0 Å². The summed E-state index contributed by atoms with van der Waals surface area (Å²) >= 11 is 1.78. The third-order valence-electron chi connectivity index (χ3n) is 4.03. The van der Waals surface area contributed by atoms with Gasteiger partial charge in [-0.2, -0.15) is 30.9 Å². The summed E-state index contributed by atoms with van der Waals surface area (Å²) in [6.45, 7) is 5.82. The van der Waals surface area contributed by atoms with Crippen LogP contribution in [0.2, 0.25) is 0 Å². The minimum absolute atomic E-state index is 0.262. The molecular formula is C16H26F6N2O5S3. The molecule has 1 aromatic rings. The topological polar surface area (TPSA) is 106 Å². The van der Waals surface area contributed by atoms with Gasteiger partial charge in [-0.1, -0.05) is 43.9 Å². The van der Waals surface area contributed by atoms with E-state index in [2.05, 4.69) is 23.9 Å². The number of nitrogens with zero attached hydrogens (tertiary/aromatic N) is 2. The number of rotatable bonds is 11. The summed E-state index contributed by atoms with van der Waals surface area (Å²) in [6.07, 6.45) is 8.90. The largest absolute Gasteiger partial charge is 0.480 e. The van der Waals surface area contributed by atoms with Gasteiger partial charge in [0.15, 0.2) is 25.7 Å². The highest BCUT2D eigenvalue weighted by molar-refractivity contribution is 8.13. The molecule has 190 valence electrons. The molecule has 0 aliphatic heterocycles. The number of thiazole rings is 1. The van der Waals surface area contributed by atoms with Crippen LogP contribution < -0.4 is 4.57 Å². The van der Waals surface area contributed by atoms with Crippen LogP contribution in [0.5, 0.6) is 0 Å². The number of aryl methyl sites for hydroxylation is 1. The molecule has 0 saturated heterocycles. The average Bonchev–Trinajstić information content (AvgIpc) is 2.96. The van der Waals surface area contributed by atoms with Gasteiger partial charge < -0.3 is 9.23 Å². The molecule has 1 N–H and O–H groups in total. The number of unbranched alkanes of at least 4 members (excludes halogenated alkanes) is 5. The molecule has 0 amide bonds. The second kappa shape index (κ2) is 13.1. The molecule has 1 heterocycles. The molecule has 0 aromatic carbocycles. The van der Waals surface area contributed by atoms with Crippen LogP contribution in [-0.2, 0) is 33.0 Å². The van der Waals surface area contributed by atoms with Gasteiger partial charge in [-0.05, 0) is 6.42 Å². The van der Waals surface area contributed by atoms with Gasteiger partial charge in [0, 0.05) is 26.4 Å². The molecule has 0 radical (unpaired) electrons. The number of aliphatic hydroxyl groups is 1. The Morgan fingerprint density at radius 3 is 1.84 bits per heavy atom. The van der Waals surface area contributed by atoms with Crippen LogP contribution in [0.1, 0.15) is 56.0 Å². The molecule has 0 bridgehead atoms. The lowest BCUT2D eigenvalue weighted by atomic mass is 10.1. The molecule has 0 unspecified atom stereocenters. The predicted octanol–water partition coefficient (Wildman–Crippen LogP) is 4.30. The predicted molar refractivity (Wildman–Crippen MR) is 107 cm³/mol. The Morgan fingerprint density at radius 2 is 1.41 bits per heavy atom. The highest BCUT2D eigenvalue weighted by Crippen LogP contribution is 2.36. The molecule has 0 aliphatic rings. The third kappa shape index (κ3) is 10.3. The molecule has 0 aliphatic carbocycles. The number of halogens is 6. The van der Waals surface area contributed by atoms with E-state index in [1.807, 2.05) is 0 Å². The van der Waals surface area contributed by atoms with E-state index in [9.17, 15) is 43.2 Å². The average molecular weight is 537 g/mol. The third-order valence-corrected chi connectivity index (χ3v) is 7.91. The molecular weight excluding hydrogens is 510 g/mol. The number of sulfonamides is 2. The lowest BCUT2D eigenvalue weighted by Gasteiger charge is -2.22. The fourth-order valence-electron chi connectivity index (χ4n) is 2.29. The van der Waals surface area contributed by atoms with Gasteiger partial charge in [-0.15, -0.1) is 0 Å². The van der Waals surface area contributed by atoms with Gasteiger partial charge in [0.2, 0.25) is 5.51 Å². The van der Waals surface area contributed by atoms with E-state index >= 15 is 0 Å². The SMILES string of the molecule is CCCCCCCC[n+]1csc(CCO)c1C.O=S(=O)([N-]S(=O)(=O)C(F)(F)F)C(F)(F)F. The lowest BCUT2D eigenvalue weighted by Crippen LogP contribution is -2.34. The maximum atomic E-state index is 11.4. The summed E-state index contributed by atoms with van der Waals surface area (Å²) < 4.78 is 112. The van der Waals surface area contributed by atoms with Crippen LogP contribution in [0.25, 0.3) is 4.13 Å². The summed E-state index contributed by atoms with van der Waals surface area (Å²) in [7, 11) is -13.4. The maximum Gasteiger partial charge on any atom is 0.480 e. The Kier molecular flexibility index (Phi) is 12.7. The maximum absolute atomic E-state index is 11.4. The molecule has 0 spiro atoms. The summed E-state index contributed by atoms with van der Waals surface area (Å²) in [4.78, 5) is 1.33. The Labute approximate surface area is 187 Å². The number of hydrogen-bond donors (Lipinski definition) is 1. The smallest absolute Gasteiger partial charge is 0.421 e. The minimum atomic E-state index is -6.72. The Hall–Kier alpha value is -0.970. The van der Waals surface area contributed by atoms with Crippen molar-refractivity contribution in [3.63, 3.8) is 0 Å². The van der Waals surface area contributed by atoms with E-state index in [0.29, 0.717) is 0 Å². The van der Waals surface area contributed by atoms with E-state index in [4.69, 9.17) is 5.11 Å². The van der Waals surface area contributed by atoms with Crippen molar-refractivity contribution in [2.75, 3.05) is 6.61 Å². The van der Waals surface area contributed by atoms with E-state index in [-0.39, 0.29) is 6.61 Å². The minimum Gasteiger partial charge on any atom is -0.421 e. The first-order valence-electron chi connectivity index (χ1n) is 9.44. The van der Waals surface area contributed by atoms with E-state index in [0.717, 1.165) is 17.1 Å². The summed E-state index contributed by atoms with van der Waals surface area (Å²) in [5, 5.41) is 8.95. The number of aliphatic hydroxyl groups excluding tert-OH is 1. The van der Waals surface area contributed by atoms with Crippen LogP contribution in [0.4, 0.5) is 26.3 Å². The standard InChI is InChI=1S/C14H26NOS.C2F6NO4S2/c1-3-4-5-6-7-8-10-15-12-17-14(9-11-16)13(15)2;3-1(4,5)14(10,11)9-15(12,13)2(6,7)8/h12,16H,3-11H2,1-2H3;/q+1;-1. The van der Waals surface area contributed by atoms with Crippen molar-refractivity contribution in [2.45, 2.75) is 76.4 Å². The van der Waals surface area contributed by atoms with Crippen molar-refractivity contribution in [2.24, 2.45) is 0 Å². The lowest BCUT2D eigenvalue weighted by molar-refractivity contribution is -0.698. The number of alkyl halides is 6. The highest BCUT2D eigenvalue weighted by atomic mass is 32.3. The van der Waals surface area contributed by atoms with Crippen molar-refractivity contribution in [3.05, 3.63) is 20.2 Å². The van der Waals surface area contributed by atoms with Crippen LogP contribution in [0, 0.1) is 6.92 Å². The van der Waals surface area contributed by atoms with Crippen molar-refractivity contribution in [3.8, 4) is 0 Å². The van der Waals surface area contributed by atoms with Gasteiger partial charge in [-0.3, -0.25) is 0 Å². The van der Waals surface area contributed by atoms with Gasteiger partial charge in [0.05, 0.1) is 4.88 Å². The van der Waals surface area contributed by atoms with Gasteiger partial charge in [0.25, 0.3) is 0 Å². The highest BCUT2D eigenvalue weighted by Gasteiger charge is 2.46. The quantitative estimate of drug-likeness (QED) is 0.258. The first kappa shape index (κ1) is 31.0. The zero-order chi connectivity index (χ0) is 25.2. The van der Waals surface area contributed by atoms with Gasteiger partial charge in [-0.25, -0.2) is 16.8 Å². The van der Waals surface area contributed by atoms with E-state index < -0.39 is 31.1 Å². The van der Waals surface area contributed by atoms with Crippen LogP contribution >= 0.6 is 11.3 Å². The fourth-order valence-corrected chi connectivity index (χ4v) is 5.01. The van der Waals surface area contributed by atoms with Gasteiger partial charge >= 0.3 is 11.0 Å². The fraction of sp³-hybridized carbons (Fsp3) is 0.812. The molecule has 7 nitrogen and oxygen atoms in total. The first-order chi connectivity index (χ1) is 14.5. The Balaban J connectivity index is 0.000000607. The molecule has 0 atom stereocenters. The summed E-state index contributed by atoms with van der Waals surface area (Å²) in [6, 6.07) is 0. The second-order valence-electron chi connectivity index (χ2n) is 6.58. The van der Waals surface area contributed by atoms with Gasteiger partial charge in [0.1, 0.15) is 6.54 Å². The molecule has 32 heavy (non-hydrogen) atoms. The van der Waals surface area contributed by atoms with Crippen LogP contribution in [0.3, 0.4) is 0 Å². The van der Waals surface area contributed by atoms with Crippen LogP contribution in [-0.4, -0.2) is 39.6 Å². The second-order valence-corrected chi connectivity index (χ2v) is 10.9. The van der Waals surface area contributed by atoms with Crippen molar-refractivity contribution in [1.82, 2.24) is 0 Å². The summed E-state index contributed by atoms with van der Waals surface area (Å²) in [5.74, 6) is 0. The summed E-state index contributed by atoms with van der Waals surface area (Å²) in [5.41, 5.74) is -8.86. The van der Waals surface area contributed by atoms with Crippen molar-refractivity contribution >= 4 is 31.4 Å². The molecule has 0 fully saturated rings.